The first-order chi connectivity index (χ1) is 8.69. The van der Waals surface area contributed by atoms with Crippen LogP contribution in [0, 0.1) is 0 Å². The lowest BCUT2D eigenvalue weighted by Crippen LogP contribution is -2.10. The van der Waals surface area contributed by atoms with Crippen LogP contribution in [0.15, 0.2) is 40.9 Å². The number of hydrogen-bond donors (Lipinski definition) is 2. The fourth-order valence-electron chi connectivity index (χ4n) is 1.35. The van der Waals surface area contributed by atoms with Crippen LogP contribution in [0.3, 0.4) is 0 Å². The Morgan fingerprint density at radius 2 is 1.94 bits per heavy atom. The molecule has 0 bridgehead atoms. The van der Waals surface area contributed by atoms with E-state index in [0.717, 1.165) is 10.2 Å². The van der Waals surface area contributed by atoms with Crippen LogP contribution < -0.4 is 16.0 Å². The van der Waals surface area contributed by atoms with Gasteiger partial charge in [-0.1, -0.05) is 27.5 Å². The van der Waals surface area contributed by atoms with E-state index in [1.54, 1.807) is 12.1 Å². The molecular weight excluding hydrogens is 318 g/mol. The second kappa shape index (κ2) is 6.04. The van der Waals surface area contributed by atoms with Gasteiger partial charge in [0.1, 0.15) is 18.2 Å². The predicted molar refractivity (Wildman–Crippen MR) is 75.5 cm³/mol. The highest BCUT2D eigenvalue weighted by Crippen LogP contribution is 2.20. The Morgan fingerprint density at radius 1 is 1.22 bits per heavy atom. The van der Waals surface area contributed by atoms with E-state index in [4.69, 9.17) is 22.2 Å². The van der Waals surface area contributed by atoms with Crippen LogP contribution in [-0.2, 0) is 6.61 Å². The number of pyridine rings is 1. The number of benzene rings is 1. The molecule has 4 nitrogen and oxygen atoms in total. The van der Waals surface area contributed by atoms with Crippen molar-refractivity contribution in [1.82, 2.24) is 4.98 Å². The van der Waals surface area contributed by atoms with Crippen molar-refractivity contribution >= 4 is 33.3 Å². The summed E-state index contributed by atoms with van der Waals surface area (Å²) in [5.41, 5.74) is 3.10. The van der Waals surface area contributed by atoms with Gasteiger partial charge in [0, 0.05) is 4.47 Å². The molecule has 0 atom stereocenters. The fraction of sp³-hybridized carbons (Fsp3) is 0.0833. The molecule has 0 spiro atoms. The van der Waals surface area contributed by atoms with Crippen molar-refractivity contribution in [2.75, 3.05) is 5.43 Å². The van der Waals surface area contributed by atoms with Crippen molar-refractivity contribution in [3.63, 3.8) is 0 Å². The lowest BCUT2D eigenvalue weighted by molar-refractivity contribution is 0.301. The molecular formula is C12H11BrClN3O. The van der Waals surface area contributed by atoms with Crippen LogP contribution in [0.2, 0.25) is 5.02 Å². The van der Waals surface area contributed by atoms with E-state index < -0.39 is 0 Å². The molecule has 18 heavy (non-hydrogen) atoms. The van der Waals surface area contributed by atoms with E-state index in [0.29, 0.717) is 16.5 Å². The summed E-state index contributed by atoms with van der Waals surface area (Å²) >= 11 is 9.39. The lowest BCUT2D eigenvalue weighted by atomic mass is 10.3. The number of rotatable bonds is 4. The number of hydrogen-bond acceptors (Lipinski definition) is 4. The summed E-state index contributed by atoms with van der Waals surface area (Å²) in [4.78, 5) is 4.22. The quantitative estimate of drug-likeness (QED) is 0.667. The van der Waals surface area contributed by atoms with Gasteiger partial charge in [0.15, 0.2) is 0 Å². The third kappa shape index (κ3) is 3.35. The SMILES string of the molecule is NNc1ccc(Cl)c(COc2ccc(Br)cc2)n1. The molecule has 6 heteroatoms. The van der Waals surface area contributed by atoms with Crippen LogP contribution in [0.1, 0.15) is 5.69 Å². The maximum absolute atomic E-state index is 6.03. The van der Waals surface area contributed by atoms with Crippen molar-refractivity contribution in [1.29, 1.82) is 0 Å². The summed E-state index contributed by atoms with van der Waals surface area (Å²) in [7, 11) is 0. The molecule has 94 valence electrons. The standard InChI is InChI=1S/C12H11BrClN3O/c13-8-1-3-9(4-2-8)18-7-11-10(14)5-6-12(16-11)17-15/h1-6H,7,15H2,(H,16,17). The Balaban J connectivity index is 2.07. The number of nitrogen functional groups attached to an aromatic ring is 1. The maximum atomic E-state index is 6.03. The van der Waals surface area contributed by atoms with Crippen LogP contribution in [-0.4, -0.2) is 4.98 Å². The number of halogens is 2. The molecule has 0 fully saturated rings. The monoisotopic (exact) mass is 327 g/mol. The fourth-order valence-corrected chi connectivity index (χ4v) is 1.77. The second-order valence-corrected chi connectivity index (χ2v) is 4.83. The Bertz CT molecular complexity index is 533. The third-order valence-corrected chi connectivity index (χ3v) is 3.13. The number of nitrogens with two attached hydrogens (primary N) is 1. The van der Waals surface area contributed by atoms with Crippen LogP contribution in [0.25, 0.3) is 0 Å². The van der Waals surface area contributed by atoms with Gasteiger partial charge >= 0.3 is 0 Å². The Hall–Kier alpha value is -1.30. The van der Waals surface area contributed by atoms with Crippen molar-refractivity contribution in [3.8, 4) is 5.75 Å². The molecule has 1 heterocycles. The minimum absolute atomic E-state index is 0.288. The second-order valence-electron chi connectivity index (χ2n) is 3.51. The minimum atomic E-state index is 0.288. The van der Waals surface area contributed by atoms with Crippen molar-refractivity contribution in [3.05, 3.63) is 51.6 Å². The van der Waals surface area contributed by atoms with Crippen molar-refractivity contribution in [2.24, 2.45) is 5.84 Å². The molecule has 3 N–H and O–H groups in total. The Labute approximate surface area is 118 Å². The highest BCUT2D eigenvalue weighted by atomic mass is 79.9. The summed E-state index contributed by atoms with van der Waals surface area (Å²) in [6.07, 6.45) is 0. The highest BCUT2D eigenvalue weighted by Gasteiger charge is 2.04. The highest BCUT2D eigenvalue weighted by molar-refractivity contribution is 9.10. The smallest absolute Gasteiger partial charge is 0.140 e. The largest absolute Gasteiger partial charge is 0.487 e. The molecule has 0 radical (unpaired) electrons. The van der Waals surface area contributed by atoms with Gasteiger partial charge in [0.2, 0.25) is 0 Å². The van der Waals surface area contributed by atoms with E-state index in [2.05, 4.69) is 26.3 Å². The van der Waals surface area contributed by atoms with Crippen LogP contribution >= 0.6 is 27.5 Å². The first kappa shape index (κ1) is 13.1. The first-order valence-corrected chi connectivity index (χ1v) is 6.36. The van der Waals surface area contributed by atoms with E-state index in [1.165, 1.54) is 0 Å². The van der Waals surface area contributed by atoms with E-state index in [1.807, 2.05) is 24.3 Å². The summed E-state index contributed by atoms with van der Waals surface area (Å²) in [6, 6.07) is 11.0. The number of ether oxygens (including phenoxy) is 1. The zero-order chi connectivity index (χ0) is 13.0. The van der Waals surface area contributed by atoms with Gasteiger partial charge in [-0.3, -0.25) is 0 Å². The van der Waals surface area contributed by atoms with Gasteiger partial charge < -0.3 is 10.2 Å². The average molecular weight is 329 g/mol. The number of hydrazine groups is 1. The summed E-state index contributed by atoms with van der Waals surface area (Å²) in [5, 5.41) is 0.547. The van der Waals surface area contributed by atoms with Gasteiger partial charge in [-0.25, -0.2) is 10.8 Å². The molecule has 0 unspecified atom stereocenters. The zero-order valence-electron chi connectivity index (χ0n) is 9.36. The Morgan fingerprint density at radius 3 is 2.61 bits per heavy atom. The number of nitrogens with one attached hydrogen (secondary N) is 1. The molecule has 0 aliphatic carbocycles. The Kier molecular flexibility index (Phi) is 4.41. The molecule has 2 rings (SSSR count). The normalized spacial score (nSPS) is 10.2. The molecule has 1 aromatic carbocycles. The molecule has 1 aromatic heterocycles. The van der Waals surface area contributed by atoms with E-state index >= 15 is 0 Å². The topological polar surface area (TPSA) is 60.2 Å². The van der Waals surface area contributed by atoms with Gasteiger partial charge in [0.25, 0.3) is 0 Å². The number of aromatic nitrogens is 1. The van der Waals surface area contributed by atoms with Crippen LogP contribution in [0.5, 0.6) is 5.75 Å². The zero-order valence-corrected chi connectivity index (χ0v) is 11.7. The molecule has 0 aliphatic heterocycles. The average Bonchev–Trinajstić information content (AvgIpc) is 2.40. The molecule has 0 saturated carbocycles. The predicted octanol–water partition coefficient (Wildman–Crippen LogP) is 3.36. The van der Waals surface area contributed by atoms with Crippen LogP contribution in [0.4, 0.5) is 5.82 Å². The van der Waals surface area contributed by atoms with Crippen molar-refractivity contribution < 1.29 is 4.74 Å². The lowest BCUT2D eigenvalue weighted by Gasteiger charge is -2.08. The minimum Gasteiger partial charge on any atom is -0.487 e. The summed E-state index contributed by atoms with van der Waals surface area (Å²) in [5.74, 6) is 6.59. The van der Waals surface area contributed by atoms with Crippen molar-refractivity contribution in [2.45, 2.75) is 6.61 Å². The molecule has 0 aliphatic rings. The molecule has 0 saturated heterocycles. The molecule has 2 aromatic rings. The van der Waals surface area contributed by atoms with Gasteiger partial charge in [-0.2, -0.15) is 0 Å². The first-order valence-electron chi connectivity index (χ1n) is 5.19. The maximum Gasteiger partial charge on any atom is 0.140 e. The van der Waals surface area contributed by atoms with E-state index in [9.17, 15) is 0 Å². The summed E-state index contributed by atoms with van der Waals surface area (Å²) < 4.78 is 6.59. The molecule has 0 amide bonds. The van der Waals surface area contributed by atoms with Gasteiger partial charge in [-0.05, 0) is 36.4 Å². The van der Waals surface area contributed by atoms with E-state index in [-0.39, 0.29) is 6.61 Å². The number of nitrogens with zero attached hydrogens (tertiary/aromatic N) is 1. The third-order valence-electron chi connectivity index (χ3n) is 2.26. The number of anilines is 1. The van der Waals surface area contributed by atoms with Gasteiger partial charge in [0.05, 0.1) is 10.7 Å². The summed E-state index contributed by atoms with van der Waals surface area (Å²) in [6.45, 7) is 0.288. The van der Waals surface area contributed by atoms with Gasteiger partial charge in [-0.15, -0.1) is 0 Å².